The summed E-state index contributed by atoms with van der Waals surface area (Å²) in [5, 5.41) is 7.07. The lowest BCUT2D eigenvalue weighted by molar-refractivity contribution is -0.189. The minimum atomic E-state index is -4.48. The van der Waals surface area contributed by atoms with Crippen molar-refractivity contribution in [2.45, 2.75) is 31.0 Å². The Kier molecular flexibility index (Phi) is 4.83. The first kappa shape index (κ1) is 19.5. The van der Waals surface area contributed by atoms with E-state index in [1.807, 2.05) is 0 Å². The third kappa shape index (κ3) is 4.02. The Morgan fingerprint density at radius 3 is 2.44 bits per heavy atom. The maximum atomic E-state index is 13.6. The van der Waals surface area contributed by atoms with Crippen LogP contribution in [0.2, 0.25) is 0 Å². The molecule has 0 radical (unpaired) electrons. The van der Waals surface area contributed by atoms with Crippen LogP contribution in [0.5, 0.6) is 5.75 Å². The third-order valence-electron chi connectivity index (χ3n) is 3.79. The van der Waals surface area contributed by atoms with Gasteiger partial charge in [-0.15, -0.1) is 10.2 Å². The van der Waals surface area contributed by atoms with E-state index in [-0.39, 0.29) is 11.4 Å². The molecule has 1 unspecified atom stereocenters. The first-order valence-electron chi connectivity index (χ1n) is 7.59. The SMILES string of the molecule is Cc1cc(OC(C)C(F)(F)F)ccc1-c1cn2c(C(F)(F)Br)nnc2cn1. The van der Waals surface area contributed by atoms with Gasteiger partial charge in [0.05, 0.1) is 11.9 Å². The minimum absolute atomic E-state index is 0.0409. The molecule has 0 amide bonds. The van der Waals surface area contributed by atoms with Gasteiger partial charge in [0, 0.05) is 11.8 Å². The molecule has 0 saturated heterocycles. The van der Waals surface area contributed by atoms with Gasteiger partial charge >= 0.3 is 11.0 Å². The maximum Gasteiger partial charge on any atom is 0.425 e. The number of nitrogens with zero attached hydrogens (tertiary/aromatic N) is 4. The lowest BCUT2D eigenvalue weighted by atomic mass is 10.1. The number of aromatic nitrogens is 4. The van der Waals surface area contributed by atoms with Crippen molar-refractivity contribution in [3.63, 3.8) is 0 Å². The molecule has 3 aromatic rings. The van der Waals surface area contributed by atoms with Crippen molar-refractivity contribution in [1.82, 2.24) is 19.6 Å². The van der Waals surface area contributed by atoms with Crippen LogP contribution in [0.3, 0.4) is 0 Å². The number of hydrogen-bond donors (Lipinski definition) is 0. The second-order valence-electron chi connectivity index (χ2n) is 5.80. The van der Waals surface area contributed by atoms with Crippen LogP contribution >= 0.6 is 15.9 Å². The molecule has 2 aromatic heterocycles. The van der Waals surface area contributed by atoms with Crippen molar-refractivity contribution < 1.29 is 26.7 Å². The average Bonchev–Trinajstić information content (AvgIpc) is 2.97. The summed E-state index contributed by atoms with van der Waals surface area (Å²) in [5.41, 5.74) is 1.56. The highest BCUT2D eigenvalue weighted by molar-refractivity contribution is 9.09. The maximum absolute atomic E-state index is 13.6. The Hall–Kier alpha value is -2.30. The molecule has 11 heteroatoms. The highest BCUT2D eigenvalue weighted by Gasteiger charge is 2.38. The summed E-state index contributed by atoms with van der Waals surface area (Å²) in [6.45, 7) is 2.56. The third-order valence-corrected chi connectivity index (χ3v) is 4.15. The summed E-state index contributed by atoms with van der Waals surface area (Å²) in [4.78, 5) is 0.775. The van der Waals surface area contributed by atoms with Crippen molar-refractivity contribution in [2.75, 3.05) is 0 Å². The van der Waals surface area contributed by atoms with Crippen LogP contribution in [0.15, 0.2) is 30.6 Å². The lowest BCUT2D eigenvalue weighted by Gasteiger charge is -2.18. The Labute approximate surface area is 158 Å². The van der Waals surface area contributed by atoms with Crippen LogP contribution in [0, 0.1) is 6.92 Å². The van der Waals surface area contributed by atoms with Crippen molar-refractivity contribution in [1.29, 1.82) is 0 Å². The summed E-state index contributed by atoms with van der Waals surface area (Å²) >= 11 is 2.25. The fourth-order valence-electron chi connectivity index (χ4n) is 2.40. The molecule has 1 aromatic carbocycles. The van der Waals surface area contributed by atoms with E-state index in [1.54, 1.807) is 6.92 Å². The van der Waals surface area contributed by atoms with E-state index in [4.69, 9.17) is 4.74 Å². The minimum Gasteiger partial charge on any atom is -0.481 e. The molecule has 0 spiro atoms. The smallest absolute Gasteiger partial charge is 0.425 e. The van der Waals surface area contributed by atoms with Gasteiger partial charge in [-0.2, -0.15) is 22.0 Å². The Bertz CT molecular complexity index is 983. The van der Waals surface area contributed by atoms with Crippen molar-refractivity contribution in [3.8, 4) is 17.0 Å². The molecule has 0 aliphatic heterocycles. The van der Waals surface area contributed by atoms with Crippen molar-refractivity contribution >= 4 is 21.6 Å². The summed E-state index contributed by atoms with van der Waals surface area (Å²) < 4.78 is 71.0. The zero-order chi connectivity index (χ0) is 20.0. The Balaban J connectivity index is 1.97. The van der Waals surface area contributed by atoms with E-state index in [0.717, 1.165) is 11.3 Å². The predicted octanol–water partition coefficient (Wildman–Crippen LogP) is 4.87. The lowest BCUT2D eigenvalue weighted by Crippen LogP contribution is -2.31. The molecule has 0 aliphatic rings. The van der Waals surface area contributed by atoms with E-state index in [2.05, 4.69) is 31.1 Å². The van der Waals surface area contributed by atoms with Gasteiger partial charge in [0.15, 0.2) is 11.8 Å². The molecule has 0 bridgehead atoms. The highest BCUT2D eigenvalue weighted by atomic mass is 79.9. The summed E-state index contributed by atoms with van der Waals surface area (Å²) in [6.07, 6.45) is -3.83. The number of rotatable bonds is 4. The standard InChI is InChI=1S/C16H12BrF5N4O/c1-8-5-10(27-9(2)16(20,21)22)3-4-11(8)12-7-26-13(6-23-12)24-25-14(26)15(17,18)19/h3-7,9H,1-2H3. The van der Waals surface area contributed by atoms with Crippen LogP contribution in [-0.4, -0.2) is 31.9 Å². The predicted molar refractivity (Wildman–Crippen MR) is 89.9 cm³/mol. The Morgan fingerprint density at radius 2 is 1.85 bits per heavy atom. The van der Waals surface area contributed by atoms with Crippen LogP contribution in [0.4, 0.5) is 22.0 Å². The van der Waals surface area contributed by atoms with Gasteiger partial charge in [0.2, 0.25) is 5.82 Å². The van der Waals surface area contributed by atoms with E-state index < -0.39 is 22.9 Å². The number of halogens is 6. The molecule has 5 nitrogen and oxygen atoms in total. The van der Waals surface area contributed by atoms with Crippen LogP contribution < -0.4 is 4.74 Å². The Morgan fingerprint density at radius 1 is 1.15 bits per heavy atom. The molecule has 0 N–H and O–H groups in total. The van der Waals surface area contributed by atoms with Gasteiger partial charge in [-0.3, -0.25) is 9.38 Å². The molecule has 27 heavy (non-hydrogen) atoms. The molecule has 3 rings (SSSR count). The number of benzene rings is 1. The zero-order valence-corrected chi connectivity index (χ0v) is 15.5. The summed E-state index contributed by atoms with van der Waals surface area (Å²) in [6, 6.07) is 4.30. The number of fused-ring (bicyclic) bond motifs is 1. The summed E-state index contributed by atoms with van der Waals surface area (Å²) in [7, 11) is 0. The van der Waals surface area contributed by atoms with E-state index >= 15 is 0 Å². The van der Waals surface area contributed by atoms with Crippen molar-refractivity contribution in [3.05, 3.63) is 42.0 Å². The molecular formula is C16H12BrF5N4O. The van der Waals surface area contributed by atoms with Crippen molar-refractivity contribution in [2.24, 2.45) is 0 Å². The van der Waals surface area contributed by atoms with Gasteiger partial charge in [0.1, 0.15) is 5.75 Å². The normalized spacial score (nSPS) is 13.8. The van der Waals surface area contributed by atoms with Gasteiger partial charge in [-0.1, -0.05) is 0 Å². The van der Waals surface area contributed by atoms with Gasteiger partial charge < -0.3 is 4.74 Å². The number of ether oxygens (including phenoxy) is 1. The molecule has 2 heterocycles. The first-order chi connectivity index (χ1) is 12.5. The quantitative estimate of drug-likeness (QED) is 0.420. The first-order valence-corrected chi connectivity index (χ1v) is 8.38. The second kappa shape index (κ2) is 6.70. The van der Waals surface area contributed by atoms with Gasteiger partial charge in [0.25, 0.3) is 0 Å². The van der Waals surface area contributed by atoms with E-state index in [9.17, 15) is 22.0 Å². The molecule has 1 atom stereocenters. The zero-order valence-electron chi connectivity index (χ0n) is 13.9. The fraction of sp³-hybridized carbons (Fsp3) is 0.312. The number of hydrogen-bond acceptors (Lipinski definition) is 4. The van der Waals surface area contributed by atoms with Crippen LogP contribution in [0.25, 0.3) is 16.9 Å². The molecule has 0 aliphatic carbocycles. The summed E-state index contributed by atoms with van der Waals surface area (Å²) in [5.74, 6) is -0.572. The van der Waals surface area contributed by atoms with E-state index in [1.165, 1.54) is 30.6 Å². The van der Waals surface area contributed by atoms with Gasteiger partial charge in [-0.25, -0.2) is 0 Å². The van der Waals surface area contributed by atoms with Crippen LogP contribution in [-0.2, 0) is 4.83 Å². The highest BCUT2D eigenvalue weighted by Crippen LogP contribution is 2.34. The van der Waals surface area contributed by atoms with E-state index in [0.29, 0.717) is 16.8 Å². The molecular weight excluding hydrogens is 439 g/mol. The molecule has 144 valence electrons. The topological polar surface area (TPSA) is 52.3 Å². The largest absolute Gasteiger partial charge is 0.481 e. The fourth-order valence-corrected chi connectivity index (χ4v) is 2.67. The van der Waals surface area contributed by atoms with Crippen LogP contribution in [0.1, 0.15) is 18.3 Å². The number of alkyl halides is 6. The molecule has 0 fully saturated rings. The second-order valence-corrected chi connectivity index (χ2v) is 6.80. The average molecular weight is 451 g/mol. The molecule has 0 saturated carbocycles. The van der Waals surface area contributed by atoms with Gasteiger partial charge in [-0.05, 0) is 53.5 Å². The number of aryl methyl sites for hydroxylation is 1. The monoisotopic (exact) mass is 450 g/mol.